The molecule has 0 fully saturated rings. The minimum absolute atomic E-state index is 0.230. The zero-order valence-corrected chi connectivity index (χ0v) is 11.1. The second-order valence-electron chi connectivity index (χ2n) is 5.35. The van der Waals surface area contributed by atoms with Crippen LogP contribution in [-0.4, -0.2) is 6.10 Å². The first-order chi connectivity index (χ1) is 8.76. The van der Waals surface area contributed by atoms with Crippen LogP contribution in [0.2, 0.25) is 0 Å². The van der Waals surface area contributed by atoms with Crippen LogP contribution < -0.4 is 4.74 Å². The Kier molecular flexibility index (Phi) is 2.99. The maximum Gasteiger partial charge on any atom is 0.124 e. The second-order valence-corrected chi connectivity index (χ2v) is 5.35. The van der Waals surface area contributed by atoms with Crippen LogP contribution in [0.5, 0.6) is 5.75 Å². The van der Waals surface area contributed by atoms with Gasteiger partial charge in [0.15, 0.2) is 0 Å². The average molecular weight is 240 g/mol. The molecule has 0 spiro atoms. The van der Waals surface area contributed by atoms with Crippen molar-refractivity contribution in [2.24, 2.45) is 5.92 Å². The molecular weight excluding hydrogens is 220 g/mol. The van der Waals surface area contributed by atoms with Crippen LogP contribution >= 0.6 is 0 Å². The van der Waals surface area contributed by atoms with E-state index in [2.05, 4.69) is 50.3 Å². The van der Waals surface area contributed by atoms with Crippen molar-refractivity contribution < 1.29 is 4.74 Å². The quantitative estimate of drug-likeness (QED) is 0.714. The molecule has 2 atom stereocenters. The Hall–Kier alpha value is -1.50. The van der Waals surface area contributed by atoms with E-state index in [9.17, 15) is 0 Å². The molecular formula is C17H20O. The topological polar surface area (TPSA) is 9.23 Å². The Morgan fingerprint density at radius 2 is 2.22 bits per heavy atom. The molecule has 1 aliphatic carbocycles. The molecule has 3 rings (SSSR count). The molecule has 18 heavy (non-hydrogen) atoms. The van der Waals surface area contributed by atoms with Gasteiger partial charge in [-0.15, -0.1) is 0 Å². The van der Waals surface area contributed by atoms with Crippen molar-refractivity contribution in [1.82, 2.24) is 0 Å². The summed E-state index contributed by atoms with van der Waals surface area (Å²) in [6, 6.07) is 6.54. The van der Waals surface area contributed by atoms with Crippen LogP contribution in [0.1, 0.15) is 30.9 Å². The first-order valence-corrected chi connectivity index (χ1v) is 6.91. The summed E-state index contributed by atoms with van der Waals surface area (Å²) in [6.07, 6.45) is 10.5. The third-order valence-corrected chi connectivity index (χ3v) is 3.99. The molecule has 1 aliphatic heterocycles. The molecule has 1 heteroatoms. The van der Waals surface area contributed by atoms with Crippen LogP contribution in [0.15, 0.2) is 42.0 Å². The Labute approximate surface area is 109 Å². The predicted octanol–water partition coefficient (Wildman–Crippen LogP) is 4.21. The molecule has 0 N–H and O–H groups in total. The van der Waals surface area contributed by atoms with Crippen LogP contribution in [0.4, 0.5) is 0 Å². The van der Waals surface area contributed by atoms with Gasteiger partial charge in [0.1, 0.15) is 11.9 Å². The number of benzene rings is 1. The highest BCUT2D eigenvalue weighted by Gasteiger charge is 2.26. The zero-order chi connectivity index (χ0) is 12.5. The predicted molar refractivity (Wildman–Crippen MR) is 74.9 cm³/mol. The number of fused-ring (bicyclic) bond motifs is 2. The normalized spacial score (nSPS) is 25.6. The fourth-order valence-electron chi connectivity index (χ4n) is 2.85. The average Bonchev–Trinajstić information content (AvgIpc) is 2.56. The van der Waals surface area contributed by atoms with Gasteiger partial charge in [-0.25, -0.2) is 0 Å². The van der Waals surface area contributed by atoms with Gasteiger partial charge in [0, 0.05) is 5.92 Å². The number of allylic oxidation sites excluding steroid dienone is 2. The lowest BCUT2D eigenvalue weighted by atomic mass is 9.89. The minimum Gasteiger partial charge on any atom is -0.485 e. The molecule has 0 radical (unpaired) electrons. The van der Waals surface area contributed by atoms with Crippen molar-refractivity contribution in [3.05, 3.63) is 53.1 Å². The third kappa shape index (κ3) is 2.10. The fraction of sp³-hybridized carbons (Fsp3) is 0.412. The molecule has 2 unspecified atom stereocenters. The lowest BCUT2D eigenvalue weighted by Gasteiger charge is -2.24. The number of hydrogen-bond acceptors (Lipinski definition) is 1. The highest BCUT2D eigenvalue weighted by Crippen LogP contribution is 2.34. The highest BCUT2D eigenvalue weighted by molar-refractivity contribution is 5.39. The molecule has 0 saturated heterocycles. The van der Waals surface area contributed by atoms with E-state index in [1.54, 1.807) is 0 Å². The molecule has 1 aromatic carbocycles. The number of ether oxygens (including phenoxy) is 1. The standard InChI is InChI=1S/C17H20O/c1-3-13-5-6-14-7-8-15-10-12(2)4-9-16(15)18-17(14)11-13/h4-6,9-11,14,17H,3,7-8H2,1-2H3. The van der Waals surface area contributed by atoms with Gasteiger partial charge in [0.05, 0.1) is 0 Å². The minimum atomic E-state index is 0.230. The first-order valence-electron chi connectivity index (χ1n) is 6.91. The van der Waals surface area contributed by atoms with Gasteiger partial charge in [-0.2, -0.15) is 0 Å². The summed E-state index contributed by atoms with van der Waals surface area (Å²) in [4.78, 5) is 0. The third-order valence-electron chi connectivity index (χ3n) is 3.99. The van der Waals surface area contributed by atoms with Gasteiger partial charge < -0.3 is 4.74 Å². The highest BCUT2D eigenvalue weighted by atomic mass is 16.5. The van der Waals surface area contributed by atoms with Gasteiger partial charge >= 0.3 is 0 Å². The number of hydrogen-bond donors (Lipinski definition) is 0. The second kappa shape index (κ2) is 4.64. The van der Waals surface area contributed by atoms with E-state index in [0.29, 0.717) is 5.92 Å². The van der Waals surface area contributed by atoms with Gasteiger partial charge in [-0.3, -0.25) is 0 Å². The lowest BCUT2D eigenvalue weighted by Crippen LogP contribution is -2.24. The molecule has 0 amide bonds. The molecule has 1 nitrogen and oxygen atoms in total. The van der Waals surface area contributed by atoms with Gasteiger partial charge in [0.25, 0.3) is 0 Å². The summed E-state index contributed by atoms with van der Waals surface area (Å²) < 4.78 is 6.22. The Morgan fingerprint density at radius 1 is 1.33 bits per heavy atom. The van der Waals surface area contributed by atoms with Gasteiger partial charge in [-0.1, -0.05) is 36.8 Å². The van der Waals surface area contributed by atoms with E-state index >= 15 is 0 Å². The molecule has 1 heterocycles. The van der Waals surface area contributed by atoms with Crippen LogP contribution in [0.25, 0.3) is 0 Å². The first kappa shape index (κ1) is 11.6. The Balaban J connectivity index is 1.92. The summed E-state index contributed by atoms with van der Waals surface area (Å²) >= 11 is 0. The molecule has 2 aliphatic rings. The Bertz CT molecular complexity index is 510. The zero-order valence-electron chi connectivity index (χ0n) is 11.1. The summed E-state index contributed by atoms with van der Waals surface area (Å²) in [6.45, 7) is 4.34. The monoisotopic (exact) mass is 240 g/mol. The van der Waals surface area contributed by atoms with Crippen molar-refractivity contribution in [2.45, 2.75) is 39.2 Å². The van der Waals surface area contributed by atoms with E-state index in [-0.39, 0.29) is 6.10 Å². The Morgan fingerprint density at radius 3 is 3.06 bits per heavy atom. The van der Waals surface area contributed by atoms with Crippen molar-refractivity contribution >= 4 is 0 Å². The molecule has 0 aromatic heterocycles. The smallest absolute Gasteiger partial charge is 0.124 e. The van der Waals surface area contributed by atoms with Crippen LogP contribution in [0.3, 0.4) is 0 Å². The molecule has 0 saturated carbocycles. The van der Waals surface area contributed by atoms with Gasteiger partial charge in [-0.05, 0) is 49.5 Å². The van der Waals surface area contributed by atoms with Crippen LogP contribution in [-0.2, 0) is 6.42 Å². The van der Waals surface area contributed by atoms with Crippen molar-refractivity contribution in [1.29, 1.82) is 0 Å². The largest absolute Gasteiger partial charge is 0.485 e. The molecule has 1 aromatic rings. The summed E-state index contributed by atoms with van der Waals surface area (Å²) in [5, 5.41) is 0. The summed E-state index contributed by atoms with van der Waals surface area (Å²) in [5.41, 5.74) is 4.08. The van der Waals surface area contributed by atoms with E-state index < -0.39 is 0 Å². The SMILES string of the molecule is CCC1=CC2Oc3ccc(C)cc3CCC2C=C1. The fourth-order valence-corrected chi connectivity index (χ4v) is 2.85. The summed E-state index contributed by atoms with van der Waals surface area (Å²) in [7, 11) is 0. The van der Waals surface area contributed by atoms with E-state index in [4.69, 9.17) is 4.74 Å². The lowest BCUT2D eigenvalue weighted by molar-refractivity contribution is 0.204. The van der Waals surface area contributed by atoms with E-state index in [1.807, 2.05) is 0 Å². The van der Waals surface area contributed by atoms with E-state index in [1.165, 1.54) is 23.1 Å². The van der Waals surface area contributed by atoms with Gasteiger partial charge in [0.2, 0.25) is 0 Å². The maximum absolute atomic E-state index is 6.22. The van der Waals surface area contributed by atoms with Crippen LogP contribution in [0, 0.1) is 12.8 Å². The maximum atomic E-state index is 6.22. The van der Waals surface area contributed by atoms with Crippen molar-refractivity contribution in [3.63, 3.8) is 0 Å². The van der Waals surface area contributed by atoms with Crippen molar-refractivity contribution in [2.75, 3.05) is 0 Å². The number of aryl methyl sites for hydroxylation is 2. The molecule has 0 bridgehead atoms. The molecule has 94 valence electrons. The van der Waals surface area contributed by atoms with E-state index in [0.717, 1.165) is 18.6 Å². The summed E-state index contributed by atoms with van der Waals surface area (Å²) in [5.74, 6) is 1.61. The number of rotatable bonds is 1. The van der Waals surface area contributed by atoms with Crippen molar-refractivity contribution in [3.8, 4) is 5.75 Å².